The molecule has 0 aliphatic carbocycles. The van der Waals surface area contributed by atoms with Gasteiger partial charge in [0.2, 0.25) is 0 Å². The molecule has 2 heterocycles. The van der Waals surface area contributed by atoms with Crippen LogP contribution < -0.4 is 0 Å². The lowest BCUT2D eigenvalue weighted by molar-refractivity contribution is 0.903. The van der Waals surface area contributed by atoms with Crippen LogP contribution in [-0.4, -0.2) is 19.1 Å². The zero-order valence-corrected chi connectivity index (χ0v) is 20.5. The van der Waals surface area contributed by atoms with Crippen LogP contribution in [0.2, 0.25) is 0 Å². The third kappa shape index (κ3) is 3.30. The zero-order chi connectivity index (χ0) is 24.8. The molecule has 0 spiro atoms. The maximum absolute atomic E-state index is 9.69. The number of imidazole rings is 2. The number of rotatable bonds is 4. The number of aryl methyl sites for hydroxylation is 2. The molecule has 0 saturated carbocycles. The molecule has 0 N–H and O–H groups in total. The van der Waals surface area contributed by atoms with Crippen molar-refractivity contribution in [1.82, 2.24) is 19.1 Å². The predicted molar refractivity (Wildman–Crippen MR) is 145 cm³/mol. The Morgan fingerprint density at radius 2 is 1.56 bits per heavy atom. The van der Waals surface area contributed by atoms with E-state index in [1.54, 1.807) is 0 Å². The van der Waals surface area contributed by atoms with Crippen molar-refractivity contribution in [2.24, 2.45) is 7.05 Å². The summed E-state index contributed by atoms with van der Waals surface area (Å²) < 4.78 is 4.40. The van der Waals surface area contributed by atoms with Crippen molar-refractivity contribution in [2.45, 2.75) is 20.3 Å². The Hall–Kier alpha value is -4.69. The summed E-state index contributed by atoms with van der Waals surface area (Å²) in [7, 11) is 2.06. The van der Waals surface area contributed by atoms with Gasteiger partial charge in [-0.05, 0) is 66.1 Å². The minimum atomic E-state index is 0.674. The van der Waals surface area contributed by atoms with E-state index in [1.807, 2.05) is 42.5 Å². The SMILES string of the molecule is CCc1nc2ccc(-c3nc4ccccc4n3C)cc2n1-c1cccc(-c2ccccc2C#N)c1C. The lowest BCUT2D eigenvalue weighted by Crippen LogP contribution is -2.03. The molecule has 0 fully saturated rings. The first-order chi connectivity index (χ1) is 17.6. The largest absolute Gasteiger partial charge is 0.327 e. The molecular weight excluding hydrogens is 442 g/mol. The number of fused-ring (bicyclic) bond motifs is 2. The third-order valence-corrected chi connectivity index (χ3v) is 6.97. The molecule has 0 atom stereocenters. The second-order valence-corrected chi connectivity index (χ2v) is 9.01. The average Bonchev–Trinajstić information content (AvgIpc) is 3.46. The summed E-state index contributed by atoms with van der Waals surface area (Å²) in [6.45, 7) is 4.26. The summed E-state index contributed by atoms with van der Waals surface area (Å²) >= 11 is 0. The second kappa shape index (κ2) is 8.51. The number of para-hydroxylation sites is 2. The molecule has 0 amide bonds. The third-order valence-electron chi connectivity index (χ3n) is 6.97. The molecule has 0 radical (unpaired) electrons. The van der Waals surface area contributed by atoms with Crippen LogP contribution in [0, 0.1) is 18.3 Å². The van der Waals surface area contributed by atoms with E-state index in [0.29, 0.717) is 5.56 Å². The van der Waals surface area contributed by atoms with Crippen LogP contribution in [-0.2, 0) is 13.5 Å². The van der Waals surface area contributed by atoms with Crippen LogP contribution >= 0.6 is 0 Å². The van der Waals surface area contributed by atoms with Crippen molar-refractivity contribution in [1.29, 1.82) is 5.26 Å². The highest BCUT2D eigenvalue weighted by Crippen LogP contribution is 2.34. The van der Waals surface area contributed by atoms with Gasteiger partial charge in [0.15, 0.2) is 0 Å². The first-order valence-electron chi connectivity index (χ1n) is 12.1. The summed E-state index contributed by atoms with van der Waals surface area (Å²) in [5, 5.41) is 9.69. The van der Waals surface area contributed by atoms with Gasteiger partial charge in [-0.15, -0.1) is 0 Å². The molecule has 5 heteroatoms. The van der Waals surface area contributed by atoms with E-state index >= 15 is 0 Å². The molecule has 2 aromatic heterocycles. The van der Waals surface area contributed by atoms with Crippen LogP contribution in [0.15, 0.2) is 84.9 Å². The van der Waals surface area contributed by atoms with Gasteiger partial charge >= 0.3 is 0 Å². The fraction of sp³-hybridized carbons (Fsp3) is 0.129. The van der Waals surface area contributed by atoms with Gasteiger partial charge in [-0.1, -0.05) is 49.4 Å². The first-order valence-corrected chi connectivity index (χ1v) is 12.1. The molecule has 174 valence electrons. The standard InChI is InChI=1S/C31H25N5/c1-4-30-33-26-17-16-21(31-34-25-13-7-8-14-28(25)35(31)3)18-29(26)36(30)27-15-9-12-23(20(27)2)24-11-6-5-10-22(24)19-32/h5-18H,4H2,1-3H3. The molecule has 0 aliphatic heterocycles. The second-order valence-electron chi connectivity index (χ2n) is 9.01. The number of benzene rings is 4. The monoisotopic (exact) mass is 467 g/mol. The summed E-state index contributed by atoms with van der Waals surface area (Å²) in [6, 6.07) is 31.0. The van der Waals surface area contributed by atoms with Crippen molar-refractivity contribution < 1.29 is 0 Å². The van der Waals surface area contributed by atoms with E-state index < -0.39 is 0 Å². The Balaban J connectivity index is 1.58. The maximum atomic E-state index is 9.69. The van der Waals surface area contributed by atoms with Gasteiger partial charge in [-0.25, -0.2) is 9.97 Å². The maximum Gasteiger partial charge on any atom is 0.140 e. The van der Waals surface area contributed by atoms with Gasteiger partial charge in [0.25, 0.3) is 0 Å². The smallest absolute Gasteiger partial charge is 0.140 e. The van der Waals surface area contributed by atoms with Crippen molar-refractivity contribution in [2.75, 3.05) is 0 Å². The summed E-state index contributed by atoms with van der Waals surface area (Å²) in [5.41, 5.74) is 10.0. The van der Waals surface area contributed by atoms with E-state index in [-0.39, 0.29) is 0 Å². The van der Waals surface area contributed by atoms with Crippen LogP contribution in [0.3, 0.4) is 0 Å². The summed E-state index contributed by atoms with van der Waals surface area (Å²) in [5.74, 6) is 1.93. The number of nitrogens with zero attached hydrogens (tertiary/aromatic N) is 5. The average molecular weight is 468 g/mol. The summed E-state index contributed by atoms with van der Waals surface area (Å²) in [4.78, 5) is 9.88. The van der Waals surface area contributed by atoms with Gasteiger partial charge in [-0.2, -0.15) is 5.26 Å². The van der Waals surface area contributed by atoms with Crippen molar-refractivity contribution in [3.8, 4) is 34.3 Å². The zero-order valence-electron chi connectivity index (χ0n) is 20.5. The van der Waals surface area contributed by atoms with Crippen LogP contribution in [0.25, 0.3) is 50.3 Å². The minimum absolute atomic E-state index is 0.674. The molecule has 6 aromatic rings. The van der Waals surface area contributed by atoms with Gasteiger partial charge in [-0.3, -0.25) is 4.57 Å². The molecule has 5 nitrogen and oxygen atoms in total. The van der Waals surface area contributed by atoms with Crippen LogP contribution in [0.1, 0.15) is 23.9 Å². The fourth-order valence-electron chi connectivity index (χ4n) is 5.15. The number of hydrogen-bond donors (Lipinski definition) is 0. The lowest BCUT2D eigenvalue weighted by Gasteiger charge is -2.16. The van der Waals surface area contributed by atoms with E-state index in [9.17, 15) is 5.26 Å². The van der Waals surface area contributed by atoms with Crippen LogP contribution in [0.5, 0.6) is 0 Å². The van der Waals surface area contributed by atoms with Gasteiger partial charge in [0.05, 0.1) is 39.4 Å². The van der Waals surface area contributed by atoms with Crippen molar-refractivity contribution in [3.05, 3.63) is 102 Å². The quantitative estimate of drug-likeness (QED) is 0.281. The van der Waals surface area contributed by atoms with Gasteiger partial charge < -0.3 is 4.57 Å². The number of nitriles is 1. The molecule has 4 aromatic carbocycles. The highest BCUT2D eigenvalue weighted by atomic mass is 15.1. The van der Waals surface area contributed by atoms with E-state index in [1.165, 1.54) is 0 Å². The van der Waals surface area contributed by atoms with Crippen LogP contribution in [0.4, 0.5) is 0 Å². The Morgan fingerprint density at radius 3 is 2.36 bits per heavy atom. The van der Waals surface area contributed by atoms with E-state index in [0.717, 1.165) is 68.1 Å². The number of aromatic nitrogens is 4. The molecule has 0 bridgehead atoms. The molecule has 0 unspecified atom stereocenters. The van der Waals surface area contributed by atoms with Gasteiger partial charge in [0.1, 0.15) is 11.6 Å². The highest BCUT2D eigenvalue weighted by Gasteiger charge is 2.18. The Labute approximate surface area is 209 Å². The predicted octanol–water partition coefficient (Wildman–Crippen LogP) is 6.99. The van der Waals surface area contributed by atoms with Crippen molar-refractivity contribution in [3.63, 3.8) is 0 Å². The molecule has 6 rings (SSSR count). The molecule has 0 saturated heterocycles. The fourth-order valence-corrected chi connectivity index (χ4v) is 5.15. The molecular formula is C31H25N5. The molecule has 0 aliphatic rings. The van der Waals surface area contributed by atoms with Gasteiger partial charge in [0, 0.05) is 19.0 Å². The Bertz CT molecular complexity index is 1810. The minimum Gasteiger partial charge on any atom is -0.327 e. The lowest BCUT2D eigenvalue weighted by atomic mass is 9.95. The van der Waals surface area contributed by atoms with E-state index in [2.05, 4.69) is 78.6 Å². The highest BCUT2D eigenvalue weighted by molar-refractivity contribution is 5.87. The van der Waals surface area contributed by atoms with Crippen molar-refractivity contribution >= 4 is 22.1 Å². The molecule has 36 heavy (non-hydrogen) atoms. The Kier molecular flexibility index (Phi) is 5.16. The Morgan fingerprint density at radius 1 is 0.806 bits per heavy atom. The summed E-state index contributed by atoms with van der Waals surface area (Å²) in [6.07, 6.45) is 0.800. The first kappa shape index (κ1) is 21.8. The number of hydrogen-bond acceptors (Lipinski definition) is 3. The normalized spacial score (nSPS) is 11.3. The topological polar surface area (TPSA) is 59.4 Å². The van der Waals surface area contributed by atoms with E-state index in [4.69, 9.17) is 9.97 Å².